The molecular formula is C22H27N3O4. The SMILES string of the molecule is CCC1=C(C)C(Cn2cc(NC(=O)Cc3ccc(OC)c(O)c3)cn2)=C(C)OC1. The predicted octanol–water partition coefficient (Wildman–Crippen LogP) is 3.81. The lowest BCUT2D eigenvalue weighted by atomic mass is 9.97. The van der Waals surface area contributed by atoms with E-state index < -0.39 is 0 Å². The number of allylic oxidation sites excluding steroid dienone is 3. The molecule has 0 radical (unpaired) electrons. The first-order valence-electron chi connectivity index (χ1n) is 9.61. The highest BCUT2D eigenvalue weighted by atomic mass is 16.5. The summed E-state index contributed by atoms with van der Waals surface area (Å²) >= 11 is 0. The van der Waals surface area contributed by atoms with E-state index in [2.05, 4.69) is 24.3 Å². The fourth-order valence-electron chi connectivity index (χ4n) is 3.38. The van der Waals surface area contributed by atoms with Crippen molar-refractivity contribution in [2.75, 3.05) is 19.0 Å². The topological polar surface area (TPSA) is 85.6 Å². The fourth-order valence-corrected chi connectivity index (χ4v) is 3.38. The Bertz CT molecular complexity index is 972. The highest BCUT2D eigenvalue weighted by Gasteiger charge is 2.17. The van der Waals surface area contributed by atoms with E-state index in [-0.39, 0.29) is 18.1 Å². The average molecular weight is 397 g/mol. The Morgan fingerprint density at radius 1 is 1.38 bits per heavy atom. The third kappa shape index (κ3) is 4.80. The highest BCUT2D eigenvalue weighted by Crippen LogP contribution is 2.28. The van der Waals surface area contributed by atoms with Crippen LogP contribution in [0.2, 0.25) is 0 Å². The number of nitrogens with zero attached hydrogens (tertiary/aromatic N) is 2. The van der Waals surface area contributed by atoms with E-state index in [9.17, 15) is 9.90 Å². The van der Waals surface area contributed by atoms with Crippen molar-refractivity contribution >= 4 is 11.6 Å². The summed E-state index contributed by atoms with van der Waals surface area (Å²) in [5, 5.41) is 17.0. The van der Waals surface area contributed by atoms with Crippen molar-refractivity contribution in [3.05, 3.63) is 58.6 Å². The van der Waals surface area contributed by atoms with Gasteiger partial charge in [0.15, 0.2) is 11.5 Å². The van der Waals surface area contributed by atoms with E-state index >= 15 is 0 Å². The highest BCUT2D eigenvalue weighted by molar-refractivity contribution is 5.92. The zero-order valence-corrected chi connectivity index (χ0v) is 17.3. The van der Waals surface area contributed by atoms with Crippen molar-refractivity contribution in [2.45, 2.75) is 40.2 Å². The molecule has 0 atom stereocenters. The molecule has 7 heteroatoms. The predicted molar refractivity (Wildman–Crippen MR) is 111 cm³/mol. The minimum absolute atomic E-state index is 0.0128. The largest absolute Gasteiger partial charge is 0.504 e. The van der Waals surface area contributed by atoms with Crippen LogP contribution in [0.25, 0.3) is 0 Å². The van der Waals surface area contributed by atoms with Gasteiger partial charge in [0.05, 0.1) is 37.7 Å². The van der Waals surface area contributed by atoms with Crippen molar-refractivity contribution in [1.82, 2.24) is 9.78 Å². The minimum atomic E-state index is -0.185. The van der Waals surface area contributed by atoms with Gasteiger partial charge < -0.3 is 19.9 Å². The van der Waals surface area contributed by atoms with Crippen LogP contribution in [0.5, 0.6) is 11.5 Å². The van der Waals surface area contributed by atoms with Gasteiger partial charge in [-0.1, -0.05) is 13.0 Å². The Morgan fingerprint density at radius 3 is 2.86 bits per heavy atom. The zero-order chi connectivity index (χ0) is 21.0. The number of nitrogens with one attached hydrogen (secondary N) is 1. The minimum Gasteiger partial charge on any atom is -0.504 e. The molecular weight excluding hydrogens is 370 g/mol. The summed E-state index contributed by atoms with van der Waals surface area (Å²) in [6.07, 6.45) is 4.53. The van der Waals surface area contributed by atoms with Crippen molar-refractivity contribution in [3.8, 4) is 11.5 Å². The Kier molecular flexibility index (Phi) is 6.26. The van der Waals surface area contributed by atoms with Crippen molar-refractivity contribution in [1.29, 1.82) is 0 Å². The number of amides is 1. The molecule has 1 aliphatic rings. The van der Waals surface area contributed by atoms with E-state index in [1.54, 1.807) is 29.2 Å². The van der Waals surface area contributed by atoms with E-state index in [0.717, 1.165) is 17.8 Å². The smallest absolute Gasteiger partial charge is 0.228 e. The standard InChI is InChI=1S/C22H27N3O4/c1-5-17-13-29-15(3)19(14(17)2)12-25-11-18(10-23-25)24-22(27)9-16-6-7-21(28-4)20(26)8-16/h6-8,10-11,26H,5,9,12-13H2,1-4H3,(H,24,27). The Balaban J connectivity index is 1.64. The number of phenolic OH excluding ortho intramolecular Hbond substituents is 1. The normalized spacial score (nSPS) is 14.1. The summed E-state index contributed by atoms with van der Waals surface area (Å²) < 4.78 is 12.6. The number of aromatic nitrogens is 2. The molecule has 1 aliphatic heterocycles. The van der Waals surface area contributed by atoms with Gasteiger partial charge in [0, 0.05) is 11.8 Å². The molecule has 0 spiro atoms. The number of carbonyl (C=O) groups is 1. The summed E-state index contributed by atoms with van der Waals surface area (Å²) in [6.45, 7) is 7.46. The third-order valence-electron chi connectivity index (χ3n) is 5.14. The molecule has 0 bridgehead atoms. The van der Waals surface area contributed by atoms with Gasteiger partial charge in [-0.25, -0.2) is 0 Å². The van der Waals surface area contributed by atoms with E-state index in [4.69, 9.17) is 9.47 Å². The summed E-state index contributed by atoms with van der Waals surface area (Å²) in [5.74, 6) is 1.12. The molecule has 2 N–H and O–H groups in total. The van der Waals surface area contributed by atoms with Gasteiger partial charge in [0.25, 0.3) is 0 Å². The molecule has 0 saturated heterocycles. The van der Waals surface area contributed by atoms with Crippen molar-refractivity contribution < 1.29 is 19.4 Å². The van der Waals surface area contributed by atoms with Crippen LogP contribution in [0.15, 0.2) is 53.1 Å². The molecule has 154 valence electrons. The lowest BCUT2D eigenvalue weighted by Crippen LogP contribution is -2.15. The van der Waals surface area contributed by atoms with Crippen LogP contribution < -0.4 is 10.1 Å². The number of anilines is 1. The number of phenols is 1. The summed E-state index contributed by atoms with van der Waals surface area (Å²) in [7, 11) is 1.48. The lowest BCUT2D eigenvalue weighted by Gasteiger charge is -2.23. The molecule has 0 saturated carbocycles. The number of rotatable bonds is 7. The maximum atomic E-state index is 12.3. The maximum Gasteiger partial charge on any atom is 0.228 e. The van der Waals surface area contributed by atoms with Gasteiger partial charge in [0.2, 0.25) is 5.91 Å². The first-order chi connectivity index (χ1) is 13.9. The quantitative estimate of drug-likeness (QED) is 0.742. The molecule has 3 rings (SSSR count). The second kappa shape index (κ2) is 8.86. The Labute approximate surface area is 170 Å². The number of hydrogen-bond acceptors (Lipinski definition) is 5. The summed E-state index contributed by atoms with van der Waals surface area (Å²) in [5.41, 5.74) is 5.01. The number of aromatic hydroxyl groups is 1. The second-order valence-corrected chi connectivity index (χ2v) is 7.06. The first kappa shape index (κ1) is 20.5. The van der Waals surface area contributed by atoms with Gasteiger partial charge in [-0.2, -0.15) is 5.10 Å². The first-order valence-corrected chi connectivity index (χ1v) is 9.61. The number of hydrogen-bond donors (Lipinski definition) is 2. The molecule has 1 amide bonds. The van der Waals surface area contributed by atoms with Crippen LogP contribution in [-0.2, 0) is 22.5 Å². The molecule has 7 nitrogen and oxygen atoms in total. The average Bonchev–Trinajstić information content (AvgIpc) is 3.12. The number of methoxy groups -OCH3 is 1. The van der Waals surface area contributed by atoms with E-state index in [1.807, 2.05) is 6.92 Å². The van der Waals surface area contributed by atoms with Crippen LogP contribution in [0.1, 0.15) is 32.8 Å². The molecule has 0 unspecified atom stereocenters. The Hall–Kier alpha value is -3.22. The van der Waals surface area contributed by atoms with Crippen molar-refractivity contribution in [3.63, 3.8) is 0 Å². The molecule has 29 heavy (non-hydrogen) atoms. The summed E-state index contributed by atoms with van der Waals surface area (Å²) in [4.78, 5) is 12.3. The number of carbonyl (C=O) groups excluding carboxylic acids is 1. The molecule has 0 fully saturated rings. The van der Waals surface area contributed by atoms with E-state index in [1.165, 1.54) is 24.3 Å². The number of ether oxygens (including phenoxy) is 2. The fraction of sp³-hybridized carbons (Fsp3) is 0.364. The van der Waals surface area contributed by atoms with Gasteiger partial charge >= 0.3 is 0 Å². The third-order valence-corrected chi connectivity index (χ3v) is 5.14. The number of benzene rings is 1. The monoisotopic (exact) mass is 397 g/mol. The van der Waals surface area contributed by atoms with Crippen LogP contribution in [0.3, 0.4) is 0 Å². The van der Waals surface area contributed by atoms with Crippen LogP contribution in [0.4, 0.5) is 5.69 Å². The van der Waals surface area contributed by atoms with Crippen LogP contribution in [0, 0.1) is 0 Å². The van der Waals surface area contributed by atoms with Gasteiger partial charge in [-0.3, -0.25) is 9.48 Å². The molecule has 1 aromatic carbocycles. The molecule has 2 heterocycles. The van der Waals surface area contributed by atoms with E-state index in [0.29, 0.717) is 30.2 Å². The molecule has 2 aromatic rings. The lowest BCUT2D eigenvalue weighted by molar-refractivity contribution is -0.115. The second-order valence-electron chi connectivity index (χ2n) is 7.06. The molecule has 1 aromatic heterocycles. The Morgan fingerprint density at radius 2 is 2.17 bits per heavy atom. The van der Waals surface area contributed by atoms with Crippen molar-refractivity contribution in [2.24, 2.45) is 0 Å². The van der Waals surface area contributed by atoms with Crippen LogP contribution in [-0.4, -0.2) is 34.5 Å². The van der Waals surface area contributed by atoms with Gasteiger partial charge in [0.1, 0.15) is 6.61 Å². The van der Waals surface area contributed by atoms with Gasteiger partial charge in [-0.05, 0) is 49.1 Å². The zero-order valence-electron chi connectivity index (χ0n) is 17.3. The molecule has 0 aliphatic carbocycles. The van der Waals surface area contributed by atoms with Gasteiger partial charge in [-0.15, -0.1) is 0 Å². The maximum absolute atomic E-state index is 12.3. The van der Waals surface area contributed by atoms with Crippen LogP contribution >= 0.6 is 0 Å². The summed E-state index contributed by atoms with van der Waals surface area (Å²) in [6, 6.07) is 4.92.